The number of carbonyl (C=O) groups excluding carboxylic acids is 1. The molecule has 3 aromatic rings. The number of hydrogen-bond acceptors (Lipinski definition) is 3. The number of benzene rings is 2. The lowest BCUT2D eigenvalue weighted by Crippen LogP contribution is -2.42. The summed E-state index contributed by atoms with van der Waals surface area (Å²) in [6.07, 6.45) is 3.76. The minimum Gasteiger partial charge on any atom is -0.349 e. The summed E-state index contributed by atoms with van der Waals surface area (Å²) in [5, 5.41) is 11.3. The highest BCUT2D eigenvalue weighted by Crippen LogP contribution is 2.27. The fourth-order valence-corrected chi connectivity index (χ4v) is 3.76. The third-order valence-electron chi connectivity index (χ3n) is 5.29. The first-order valence-electron chi connectivity index (χ1n) is 9.86. The van der Waals surface area contributed by atoms with Crippen LogP contribution in [0.2, 0.25) is 0 Å². The van der Waals surface area contributed by atoms with E-state index >= 15 is 0 Å². The van der Waals surface area contributed by atoms with E-state index < -0.39 is 0 Å². The van der Waals surface area contributed by atoms with E-state index in [1.54, 1.807) is 4.68 Å². The molecule has 1 aromatic heterocycles. The van der Waals surface area contributed by atoms with Crippen LogP contribution in [0.5, 0.6) is 0 Å². The molecule has 28 heavy (non-hydrogen) atoms. The SMILES string of the molecule is Cc1ccc(-c2nn(-c3ccccc3)cc2C(=O)NC2CCNCC2)c(C)c1. The van der Waals surface area contributed by atoms with Gasteiger partial charge in [0.15, 0.2) is 0 Å². The van der Waals surface area contributed by atoms with Gasteiger partial charge >= 0.3 is 0 Å². The lowest BCUT2D eigenvalue weighted by molar-refractivity contribution is 0.0930. The molecule has 144 valence electrons. The van der Waals surface area contributed by atoms with E-state index in [-0.39, 0.29) is 11.9 Å². The maximum Gasteiger partial charge on any atom is 0.255 e. The summed E-state index contributed by atoms with van der Waals surface area (Å²) in [6, 6.07) is 16.4. The van der Waals surface area contributed by atoms with Crippen molar-refractivity contribution in [1.29, 1.82) is 0 Å². The molecule has 0 saturated carbocycles. The van der Waals surface area contributed by atoms with E-state index in [2.05, 4.69) is 42.7 Å². The van der Waals surface area contributed by atoms with Crippen molar-refractivity contribution < 1.29 is 4.79 Å². The van der Waals surface area contributed by atoms with E-state index in [9.17, 15) is 4.79 Å². The molecule has 1 saturated heterocycles. The molecule has 1 amide bonds. The van der Waals surface area contributed by atoms with Crippen molar-refractivity contribution in [2.75, 3.05) is 13.1 Å². The topological polar surface area (TPSA) is 59.0 Å². The highest BCUT2D eigenvalue weighted by molar-refractivity contribution is 6.00. The van der Waals surface area contributed by atoms with Gasteiger partial charge in [0.2, 0.25) is 0 Å². The van der Waals surface area contributed by atoms with Crippen molar-refractivity contribution in [3.63, 3.8) is 0 Å². The zero-order valence-corrected chi connectivity index (χ0v) is 16.4. The smallest absolute Gasteiger partial charge is 0.255 e. The Labute approximate surface area is 165 Å². The monoisotopic (exact) mass is 374 g/mol. The summed E-state index contributed by atoms with van der Waals surface area (Å²) in [7, 11) is 0. The van der Waals surface area contributed by atoms with E-state index in [4.69, 9.17) is 5.10 Å². The largest absolute Gasteiger partial charge is 0.349 e. The first-order chi connectivity index (χ1) is 13.6. The van der Waals surface area contributed by atoms with Crippen molar-refractivity contribution in [2.24, 2.45) is 0 Å². The second-order valence-electron chi connectivity index (χ2n) is 7.49. The molecule has 5 heteroatoms. The molecule has 2 aromatic carbocycles. The third-order valence-corrected chi connectivity index (χ3v) is 5.29. The predicted molar refractivity (Wildman–Crippen MR) is 112 cm³/mol. The van der Waals surface area contributed by atoms with Gasteiger partial charge in [-0.2, -0.15) is 5.10 Å². The average molecular weight is 374 g/mol. The number of aromatic nitrogens is 2. The van der Waals surface area contributed by atoms with Gasteiger partial charge in [-0.3, -0.25) is 4.79 Å². The minimum absolute atomic E-state index is 0.0518. The summed E-state index contributed by atoms with van der Waals surface area (Å²) < 4.78 is 1.80. The molecule has 1 aliphatic heterocycles. The van der Waals surface area contributed by atoms with Crippen LogP contribution in [-0.4, -0.2) is 34.8 Å². The molecule has 1 fully saturated rings. The second-order valence-corrected chi connectivity index (χ2v) is 7.49. The molecule has 0 unspecified atom stereocenters. The first-order valence-corrected chi connectivity index (χ1v) is 9.86. The molecule has 0 aliphatic carbocycles. The molecule has 4 rings (SSSR count). The Hall–Kier alpha value is -2.92. The van der Waals surface area contributed by atoms with Gasteiger partial charge in [-0.15, -0.1) is 0 Å². The van der Waals surface area contributed by atoms with Crippen molar-refractivity contribution in [2.45, 2.75) is 32.7 Å². The van der Waals surface area contributed by atoms with Gasteiger partial charge < -0.3 is 10.6 Å². The van der Waals surface area contributed by atoms with Crippen LogP contribution in [0.15, 0.2) is 54.7 Å². The number of amides is 1. The molecule has 1 aliphatic rings. The molecule has 0 radical (unpaired) electrons. The van der Waals surface area contributed by atoms with Crippen molar-refractivity contribution in [3.8, 4) is 16.9 Å². The van der Waals surface area contributed by atoms with Gasteiger partial charge in [0, 0.05) is 17.8 Å². The maximum absolute atomic E-state index is 13.1. The van der Waals surface area contributed by atoms with E-state index in [1.807, 2.05) is 36.5 Å². The summed E-state index contributed by atoms with van der Waals surface area (Å²) >= 11 is 0. The minimum atomic E-state index is -0.0518. The number of para-hydroxylation sites is 1. The number of piperidine rings is 1. The number of nitrogens with one attached hydrogen (secondary N) is 2. The Balaban J connectivity index is 1.74. The van der Waals surface area contributed by atoms with Crippen molar-refractivity contribution >= 4 is 5.91 Å². The Kier molecular flexibility index (Phi) is 5.26. The summed E-state index contributed by atoms with van der Waals surface area (Å²) in [6.45, 7) is 6.03. The van der Waals surface area contributed by atoms with Crippen molar-refractivity contribution in [3.05, 3.63) is 71.4 Å². The van der Waals surface area contributed by atoms with Crippen LogP contribution in [0.3, 0.4) is 0 Å². The van der Waals surface area contributed by atoms with Crippen LogP contribution in [0, 0.1) is 13.8 Å². The lowest BCUT2D eigenvalue weighted by Gasteiger charge is -2.23. The molecular formula is C23H26N4O. The summed E-state index contributed by atoms with van der Waals surface area (Å²) in [5.74, 6) is -0.0518. The van der Waals surface area contributed by atoms with Crippen LogP contribution >= 0.6 is 0 Å². The van der Waals surface area contributed by atoms with Gasteiger partial charge in [-0.1, -0.05) is 42.0 Å². The van der Waals surface area contributed by atoms with Gasteiger partial charge in [-0.25, -0.2) is 4.68 Å². The number of hydrogen-bond donors (Lipinski definition) is 2. The van der Waals surface area contributed by atoms with Crippen LogP contribution < -0.4 is 10.6 Å². The Morgan fingerprint density at radius 3 is 2.57 bits per heavy atom. The average Bonchev–Trinajstić information content (AvgIpc) is 3.15. The van der Waals surface area contributed by atoms with Gasteiger partial charge in [-0.05, 0) is 57.5 Å². The zero-order valence-electron chi connectivity index (χ0n) is 16.4. The van der Waals surface area contributed by atoms with Gasteiger partial charge in [0.25, 0.3) is 5.91 Å². The molecule has 0 bridgehead atoms. The molecule has 2 N–H and O–H groups in total. The number of carbonyl (C=O) groups is 1. The van der Waals surface area contributed by atoms with Crippen molar-refractivity contribution in [1.82, 2.24) is 20.4 Å². The Morgan fingerprint density at radius 1 is 1.11 bits per heavy atom. The zero-order chi connectivity index (χ0) is 19.5. The molecule has 0 atom stereocenters. The molecule has 5 nitrogen and oxygen atoms in total. The molecule has 2 heterocycles. The van der Waals surface area contributed by atoms with Crippen LogP contribution in [0.4, 0.5) is 0 Å². The van der Waals surface area contributed by atoms with Gasteiger partial charge in [0.1, 0.15) is 5.69 Å². The fraction of sp³-hybridized carbons (Fsp3) is 0.304. The maximum atomic E-state index is 13.1. The Bertz CT molecular complexity index is 972. The summed E-state index contributed by atoms with van der Waals surface area (Å²) in [5.41, 5.74) is 5.60. The lowest BCUT2D eigenvalue weighted by atomic mass is 10.00. The fourth-order valence-electron chi connectivity index (χ4n) is 3.76. The second kappa shape index (κ2) is 7.98. The number of nitrogens with zero attached hydrogens (tertiary/aromatic N) is 2. The van der Waals surface area contributed by atoms with Crippen LogP contribution in [0.1, 0.15) is 34.3 Å². The van der Waals surface area contributed by atoms with E-state index in [0.717, 1.165) is 48.4 Å². The quantitative estimate of drug-likeness (QED) is 0.733. The summed E-state index contributed by atoms with van der Waals surface area (Å²) in [4.78, 5) is 13.1. The number of rotatable bonds is 4. The molecule has 0 spiro atoms. The van der Waals surface area contributed by atoms with Crippen LogP contribution in [-0.2, 0) is 0 Å². The highest BCUT2D eigenvalue weighted by Gasteiger charge is 2.23. The highest BCUT2D eigenvalue weighted by atomic mass is 16.1. The molecular weight excluding hydrogens is 348 g/mol. The number of aryl methyl sites for hydroxylation is 2. The first kappa shape index (κ1) is 18.4. The van der Waals surface area contributed by atoms with Crippen LogP contribution in [0.25, 0.3) is 16.9 Å². The third kappa shape index (κ3) is 3.85. The Morgan fingerprint density at radius 2 is 1.86 bits per heavy atom. The van der Waals surface area contributed by atoms with E-state index in [1.165, 1.54) is 5.56 Å². The van der Waals surface area contributed by atoms with Gasteiger partial charge in [0.05, 0.1) is 11.3 Å². The standard InChI is InChI=1S/C23H26N4O/c1-16-8-9-20(17(2)14-16)22-21(23(28)25-18-10-12-24-13-11-18)15-27(26-22)19-6-4-3-5-7-19/h3-9,14-15,18,24H,10-13H2,1-2H3,(H,25,28). The van der Waals surface area contributed by atoms with E-state index in [0.29, 0.717) is 5.56 Å². The predicted octanol–water partition coefficient (Wildman–Crippen LogP) is 3.64. The normalized spacial score (nSPS) is 14.8.